The second-order valence-corrected chi connectivity index (χ2v) is 4.87. The molecular formula is C13H20N4O3. The molecule has 1 fully saturated rings. The lowest BCUT2D eigenvalue weighted by Crippen LogP contribution is -2.47. The van der Waals surface area contributed by atoms with E-state index in [4.69, 9.17) is 4.74 Å². The Labute approximate surface area is 117 Å². The topological polar surface area (TPSA) is 67.7 Å². The molecule has 1 aromatic rings. The molecular weight excluding hydrogens is 260 g/mol. The summed E-state index contributed by atoms with van der Waals surface area (Å²) in [6.07, 6.45) is 0. The molecule has 0 saturated carbocycles. The number of carbonyl (C=O) groups excluding carboxylic acids is 1. The van der Waals surface area contributed by atoms with Gasteiger partial charge in [0.05, 0.1) is 13.2 Å². The summed E-state index contributed by atoms with van der Waals surface area (Å²) in [6, 6.07) is 2.87. The normalized spacial score (nSPS) is 16.4. The van der Waals surface area contributed by atoms with Crippen molar-refractivity contribution in [1.82, 2.24) is 19.6 Å². The van der Waals surface area contributed by atoms with Crippen molar-refractivity contribution in [3.8, 4) is 0 Å². The molecule has 0 atom stereocenters. The predicted molar refractivity (Wildman–Crippen MR) is 73.8 cm³/mol. The number of nitrogens with zero attached hydrogens (tertiary/aromatic N) is 4. The zero-order valence-electron chi connectivity index (χ0n) is 11.9. The number of amides is 1. The molecule has 0 spiro atoms. The Kier molecular flexibility index (Phi) is 4.86. The van der Waals surface area contributed by atoms with Crippen molar-refractivity contribution in [2.24, 2.45) is 0 Å². The van der Waals surface area contributed by atoms with E-state index in [0.717, 1.165) is 13.1 Å². The molecule has 20 heavy (non-hydrogen) atoms. The van der Waals surface area contributed by atoms with E-state index >= 15 is 0 Å². The summed E-state index contributed by atoms with van der Waals surface area (Å²) in [5.41, 5.74) is 0.0854. The van der Waals surface area contributed by atoms with E-state index < -0.39 is 0 Å². The maximum absolute atomic E-state index is 12.3. The molecule has 0 aliphatic carbocycles. The van der Waals surface area contributed by atoms with Crippen LogP contribution in [-0.4, -0.2) is 72.4 Å². The van der Waals surface area contributed by atoms with E-state index in [-0.39, 0.29) is 11.5 Å². The molecule has 1 aliphatic heterocycles. The smallest absolute Gasteiger partial charge is 0.274 e. The van der Waals surface area contributed by atoms with Gasteiger partial charge in [-0.2, -0.15) is 5.10 Å². The zero-order valence-corrected chi connectivity index (χ0v) is 11.9. The highest BCUT2D eigenvalue weighted by Gasteiger charge is 2.21. The quantitative estimate of drug-likeness (QED) is 0.728. The van der Waals surface area contributed by atoms with Crippen molar-refractivity contribution in [3.05, 3.63) is 28.2 Å². The number of hydrogen-bond acceptors (Lipinski definition) is 5. The van der Waals surface area contributed by atoms with Gasteiger partial charge in [-0.25, -0.2) is 4.68 Å². The molecule has 1 aromatic heterocycles. The van der Waals surface area contributed by atoms with Crippen molar-refractivity contribution in [2.75, 3.05) is 46.9 Å². The Balaban J connectivity index is 2.11. The van der Waals surface area contributed by atoms with Gasteiger partial charge in [-0.3, -0.25) is 9.59 Å². The summed E-state index contributed by atoms with van der Waals surface area (Å²) in [5, 5.41) is 4.12. The number of likely N-dealkylation sites (N-methyl/N-ethyl adjacent to an activating group) is 1. The number of methoxy groups -OCH3 is 1. The molecule has 0 N–H and O–H groups in total. The summed E-state index contributed by atoms with van der Waals surface area (Å²) >= 11 is 0. The summed E-state index contributed by atoms with van der Waals surface area (Å²) < 4.78 is 6.20. The first-order valence-electron chi connectivity index (χ1n) is 6.67. The third-order valence-electron chi connectivity index (χ3n) is 3.38. The van der Waals surface area contributed by atoms with Gasteiger partial charge in [-0.1, -0.05) is 0 Å². The second-order valence-electron chi connectivity index (χ2n) is 4.87. The van der Waals surface area contributed by atoms with Gasteiger partial charge < -0.3 is 14.5 Å². The average Bonchev–Trinajstić information content (AvgIpc) is 2.46. The Morgan fingerprint density at radius 2 is 2.00 bits per heavy atom. The Morgan fingerprint density at radius 1 is 1.30 bits per heavy atom. The largest absolute Gasteiger partial charge is 0.383 e. The average molecular weight is 280 g/mol. The fourth-order valence-corrected chi connectivity index (χ4v) is 2.07. The van der Waals surface area contributed by atoms with Crippen LogP contribution in [0.3, 0.4) is 0 Å². The van der Waals surface area contributed by atoms with Gasteiger partial charge in [0.2, 0.25) is 0 Å². The molecule has 110 valence electrons. The van der Waals surface area contributed by atoms with Crippen LogP contribution in [0.1, 0.15) is 10.5 Å². The van der Waals surface area contributed by atoms with E-state index in [1.54, 1.807) is 12.0 Å². The summed E-state index contributed by atoms with van der Waals surface area (Å²) in [5.74, 6) is -0.121. The summed E-state index contributed by atoms with van der Waals surface area (Å²) in [6.45, 7) is 3.82. The van der Waals surface area contributed by atoms with Crippen molar-refractivity contribution >= 4 is 5.91 Å². The van der Waals surface area contributed by atoms with Crippen LogP contribution in [0.2, 0.25) is 0 Å². The highest BCUT2D eigenvalue weighted by molar-refractivity contribution is 5.92. The molecule has 2 rings (SSSR count). The number of piperazine rings is 1. The maximum Gasteiger partial charge on any atom is 0.274 e. The summed E-state index contributed by atoms with van der Waals surface area (Å²) in [4.78, 5) is 27.9. The molecule has 1 amide bonds. The third-order valence-corrected chi connectivity index (χ3v) is 3.38. The second kappa shape index (κ2) is 6.62. The van der Waals surface area contributed by atoms with E-state index in [9.17, 15) is 9.59 Å². The van der Waals surface area contributed by atoms with Gasteiger partial charge in [-0.15, -0.1) is 0 Å². The van der Waals surface area contributed by atoms with Crippen LogP contribution in [0.15, 0.2) is 16.9 Å². The molecule has 2 heterocycles. The Bertz CT molecular complexity index is 521. The van der Waals surface area contributed by atoms with Gasteiger partial charge in [0.1, 0.15) is 5.69 Å². The van der Waals surface area contributed by atoms with Crippen LogP contribution in [0.5, 0.6) is 0 Å². The van der Waals surface area contributed by atoms with E-state index in [0.29, 0.717) is 31.9 Å². The van der Waals surface area contributed by atoms with Crippen LogP contribution in [-0.2, 0) is 11.3 Å². The Hall–Kier alpha value is -1.73. The maximum atomic E-state index is 12.3. The minimum Gasteiger partial charge on any atom is -0.383 e. The van der Waals surface area contributed by atoms with Gasteiger partial charge in [0.15, 0.2) is 0 Å². The predicted octanol–water partition coefficient (Wildman–Crippen LogP) is -0.723. The fraction of sp³-hybridized carbons (Fsp3) is 0.615. The SMILES string of the molecule is COCCn1nc(C(=O)N2CCN(C)CC2)ccc1=O. The number of carbonyl (C=O) groups is 1. The van der Waals surface area contributed by atoms with Crippen LogP contribution in [0.4, 0.5) is 0 Å². The lowest BCUT2D eigenvalue weighted by atomic mass is 10.3. The third kappa shape index (κ3) is 3.43. The van der Waals surface area contributed by atoms with Crippen molar-refractivity contribution in [2.45, 2.75) is 6.54 Å². The minimum absolute atomic E-state index is 0.121. The highest BCUT2D eigenvalue weighted by atomic mass is 16.5. The van der Waals surface area contributed by atoms with Crippen molar-refractivity contribution < 1.29 is 9.53 Å². The van der Waals surface area contributed by atoms with E-state index in [2.05, 4.69) is 10.00 Å². The molecule has 7 heteroatoms. The van der Waals surface area contributed by atoms with Gasteiger partial charge in [0.25, 0.3) is 11.5 Å². The first-order chi connectivity index (χ1) is 9.61. The zero-order chi connectivity index (χ0) is 14.5. The first-order valence-corrected chi connectivity index (χ1v) is 6.67. The van der Waals surface area contributed by atoms with E-state index in [1.807, 2.05) is 7.05 Å². The molecule has 0 bridgehead atoms. The fourth-order valence-electron chi connectivity index (χ4n) is 2.07. The lowest BCUT2D eigenvalue weighted by molar-refractivity contribution is 0.0654. The number of ether oxygens (including phenoxy) is 1. The molecule has 1 aliphatic rings. The van der Waals surface area contributed by atoms with E-state index in [1.165, 1.54) is 16.8 Å². The lowest BCUT2D eigenvalue weighted by Gasteiger charge is -2.32. The van der Waals surface area contributed by atoms with Gasteiger partial charge >= 0.3 is 0 Å². The molecule has 1 saturated heterocycles. The number of hydrogen-bond donors (Lipinski definition) is 0. The molecule has 7 nitrogen and oxygen atoms in total. The van der Waals surface area contributed by atoms with Crippen molar-refractivity contribution in [1.29, 1.82) is 0 Å². The highest BCUT2D eigenvalue weighted by Crippen LogP contribution is 2.04. The monoisotopic (exact) mass is 280 g/mol. The molecule has 0 aromatic carbocycles. The Morgan fingerprint density at radius 3 is 2.65 bits per heavy atom. The first kappa shape index (κ1) is 14.7. The molecule has 0 unspecified atom stereocenters. The van der Waals surface area contributed by atoms with Gasteiger partial charge in [0, 0.05) is 39.4 Å². The van der Waals surface area contributed by atoms with Crippen LogP contribution < -0.4 is 5.56 Å². The van der Waals surface area contributed by atoms with Crippen LogP contribution >= 0.6 is 0 Å². The number of aromatic nitrogens is 2. The van der Waals surface area contributed by atoms with Crippen LogP contribution in [0, 0.1) is 0 Å². The van der Waals surface area contributed by atoms with Crippen LogP contribution in [0.25, 0.3) is 0 Å². The standard InChI is InChI=1S/C13H20N4O3/c1-15-5-7-16(8-6-15)13(19)11-3-4-12(18)17(14-11)9-10-20-2/h3-4H,5-10H2,1-2H3. The molecule has 0 radical (unpaired) electrons. The summed E-state index contributed by atoms with van der Waals surface area (Å²) in [7, 11) is 3.59. The van der Waals surface area contributed by atoms with Crippen molar-refractivity contribution in [3.63, 3.8) is 0 Å². The minimum atomic E-state index is -0.225. The van der Waals surface area contributed by atoms with Gasteiger partial charge in [-0.05, 0) is 13.1 Å². The number of rotatable bonds is 4.